The van der Waals surface area contributed by atoms with E-state index in [2.05, 4.69) is 15.3 Å². The molecule has 3 heterocycles. The second-order valence-electron chi connectivity index (χ2n) is 4.76. The van der Waals surface area contributed by atoms with Crippen molar-refractivity contribution in [3.63, 3.8) is 0 Å². The Kier molecular flexibility index (Phi) is 3.21. The molecule has 0 spiro atoms. The SMILES string of the molecule is COc1cc(-c2cc(C)c3c(n2)CNC3=O)cnc1OC. The second kappa shape index (κ2) is 5.05. The van der Waals surface area contributed by atoms with Crippen molar-refractivity contribution in [1.29, 1.82) is 0 Å². The highest BCUT2D eigenvalue weighted by molar-refractivity contribution is 5.99. The first kappa shape index (κ1) is 13.4. The van der Waals surface area contributed by atoms with Gasteiger partial charge in [0.05, 0.1) is 37.7 Å². The lowest BCUT2D eigenvalue weighted by Crippen LogP contribution is -2.13. The van der Waals surface area contributed by atoms with E-state index in [9.17, 15) is 4.79 Å². The van der Waals surface area contributed by atoms with Crippen molar-refractivity contribution < 1.29 is 14.3 Å². The van der Waals surface area contributed by atoms with E-state index in [1.54, 1.807) is 20.4 Å². The van der Waals surface area contributed by atoms with Gasteiger partial charge in [-0.25, -0.2) is 4.98 Å². The molecule has 0 radical (unpaired) electrons. The van der Waals surface area contributed by atoms with Crippen LogP contribution in [0.1, 0.15) is 21.6 Å². The van der Waals surface area contributed by atoms with Gasteiger partial charge in [-0.15, -0.1) is 0 Å². The zero-order chi connectivity index (χ0) is 15.0. The molecular weight excluding hydrogens is 270 g/mol. The molecule has 6 heteroatoms. The zero-order valence-corrected chi connectivity index (χ0v) is 12.1. The molecule has 0 bridgehead atoms. The summed E-state index contributed by atoms with van der Waals surface area (Å²) in [6.45, 7) is 2.37. The topological polar surface area (TPSA) is 73.3 Å². The highest BCUT2D eigenvalue weighted by Crippen LogP contribution is 2.30. The van der Waals surface area contributed by atoms with Crippen LogP contribution in [-0.2, 0) is 6.54 Å². The van der Waals surface area contributed by atoms with Crippen LogP contribution in [0, 0.1) is 6.92 Å². The first-order chi connectivity index (χ1) is 10.1. The Hall–Kier alpha value is -2.63. The van der Waals surface area contributed by atoms with E-state index in [-0.39, 0.29) is 5.91 Å². The lowest BCUT2D eigenvalue weighted by atomic mass is 10.1. The van der Waals surface area contributed by atoms with Gasteiger partial charge in [0.2, 0.25) is 0 Å². The molecule has 0 aromatic carbocycles. The molecule has 108 valence electrons. The molecule has 1 N–H and O–H groups in total. The van der Waals surface area contributed by atoms with Crippen LogP contribution in [0.2, 0.25) is 0 Å². The molecule has 21 heavy (non-hydrogen) atoms. The molecule has 1 aliphatic rings. The summed E-state index contributed by atoms with van der Waals surface area (Å²) in [5.74, 6) is 0.909. The number of nitrogens with zero attached hydrogens (tertiary/aromatic N) is 2. The van der Waals surface area contributed by atoms with Gasteiger partial charge in [-0.2, -0.15) is 0 Å². The van der Waals surface area contributed by atoms with E-state index in [0.717, 1.165) is 22.5 Å². The molecule has 1 amide bonds. The number of ether oxygens (including phenoxy) is 2. The number of hydrogen-bond donors (Lipinski definition) is 1. The second-order valence-corrected chi connectivity index (χ2v) is 4.76. The van der Waals surface area contributed by atoms with Gasteiger partial charge >= 0.3 is 0 Å². The lowest BCUT2D eigenvalue weighted by molar-refractivity contribution is 0.0965. The number of hydrogen-bond acceptors (Lipinski definition) is 5. The minimum absolute atomic E-state index is 0.0630. The number of aryl methyl sites for hydroxylation is 1. The molecule has 0 atom stereocenters. The van der Waals surface area contributed by atoms with Gasteiger partial charge in [-0.1, -0.05) is 0 Å². The number of rotatable bonds is 3. The number of fused-ring (bicyclic) bond motifs is 1. The largest absolute Gasteiger partial charge is 0.491 e. The molecule has 0 saturated carbocycles. The lowest BCUT2D eigenvalue weighted by Gasteiger charge is -2.10. The third kappa shape index (κ3) is 2.18. The van der Waals surface area contributed by atoms with Crippen molar-refractivity contribution in [1.82, 2.24) is 15.3 Å². The van der Waals surface area contributed by atoms with Crippen LogP contribution in [-0.4, -0.2) is 30.1 Å². The van der Waals surface area contributed by atoms with Gasteiger partial charge in [0.1, 0.15) is 0 Å². The Morgan fingerprint density at radius 2 is 2.05 bits per heavy atom. The van der Waals surface area contributed by atoms with E-state index < -0.39 is 0 Å². The van der Waals surface area contributed by atoms with Crippen molar-refractivity contribution in [3.8, 4) is 22.9 Å². The number of aromatic nitrogens is 2. The minimum Gasteiger partial charge on any atom is -0.491 e. The fourth-order valence-electron chi connectivity index (χ4n) is 2.45. The smallest absolute Gasteiger partial charge is 0.256 e. The number of amides is 1. The molecule has 2 aromatic rings. The number of nitrogens with one attached hydrogen (secondary N) is 1. The predicted octanol–water partition coefficient (Wildman–Crippen LogP) is 1.71. The first-order valence-corrected chi connectivity index (χ1v) is 6.51. The number of carbonyl (C=O) groups excluding carboxylic acids is 1. The molecule has 3 rings (SSSR count). The fourth-order valence-corrected chi connectivity index (χ4v) is 2.45. The molecular formula is C15H15N3O3. The highest BCUT2D eigenvalue weighted by Gasteiger charge is 2.23. The van der Waals surface area contributed by atoms with Gasteiger partial charge in [0.15, 0.2) is 5.75 Å². The summed E-state index contributed by atoms with van der Waals surface area (Å²) in [5, 5.41) is 2.78. The van der Waals surface area contributed by atoms with E-state index >= 15 is 0 Å². The van der Waals surface area contributed by atoms with Crippen LogP contribution in [0.5, 0.6) is 11.6 Å². The van der Waals surface area contributed by atoms with Crippen molar-refractivity contribution in [3.05, 3.63) is 35.2 Å². The number of pyridine rings is 2. The molecule has 2 aromatic heterocycles. The van der Waals surface area contributed by atoms with Gasteiger partial charge in [0.25, 0.3) is 11.8 Å². The zero-order valence-electron chi connectivity index (χ0n) is 12.1. The summed E-state index contributed by atoms with van der Waals surface area (Å²) >= 11 is 0. The van der Waals surface area contributed by atoms with Gasteiger partial charge < -0.3 is 14.8 Å². The van der Waals surface area contributed by atoms with Gasteiger partial charge in [-0.3, -0.25) is 9.78 Å². The average molecular weight is 285 g/mol. The van der Waals surface area contributed by atoms with Crippen LogP contribution < -0.4 is 14.8 Å². The molecule has 1 aliphatic heterocycles. The summed E-state index contributed by atoms with van der Waals surface area (Å²) < 4.78 is 10.4. The average Bonchev–Trinajstić information content (AvgIpc) is 2.88. The van der Waals surface area contributed by atoms with E-state index in [0.29, 0.717) is 23.7 Å². The Labute approximate surface area is 122 Å². The van der Waals surface area contributed by atoms with Gasteiger partial charge in [0, 0.05) is 11.8 Å². The third-order valence-electron chi connectivity index (χ3n) is 3.46. The monoisotopic (exact) mass is 285 g/mol. The summed E-state index contributed by atoms with van der Waals surface area (Å²) in [6, 6.07) is 3.71. The predicted molar refractivity (Wildman–Crippen MR) is 76.5 cm³/mol. The van der Waals surface area contributed by atoms with Crippen LogP contribution in [0.3, 0.4) is 0 Å². The third-order valence-corrected chi connectivity index (χ3v) is 3.46. The fraction of sp³-hybridized carbons (Fsp3) is 0.267. The van der Waals surface area contributed by atoms with Crippen LogP contribution in [0.15, 0.2) is 18.3 Å². The summed E-state index contributed by atoms with van der Waals surface area (Å²) in [4.78, 5) is 20.5. The maximum Gasteiger partial charge on any atom is 0.256 e. The Bertz CT molecular complexity index is 728. The molecule has 0 fully saturated rings. The summed E-state index contributed by atoms with van der Waals surface area (Å²) in [5.41, 5.74) is 3.92. The standard InChI is InChI=1S/C15H15N3O3/c1-8-4-10(18-11-7-16-14(19)13(8)11)9-5-12(20-2)15(21-3)17-6-9/h4-6H,7H2,1-3H3,(H,16,19). The van der Waals surface area contributed by atoms with Crippen molar-refractivity contribution in [2.45, 2.75) is 13.5 Å². The quantitative estimate of drug-likeness (QED) is 0.929. The van der Waals surface area contributed by atoms with Crippen LogP contribution >= 0.6 is 0 Å². The van der Waals surface area contributed by atoms with Crippen molar-refractivity contribution in [2.75, 3.05) is 14.2 Å². The van der Waals surface area contributed by atoms with E-state index in [1.807, 2.05) is 19.1 Å². The first-order valence-electron chi connectivity index (χ1n) is 6.51. The molecule has 0 aliphatic carbocycles. The minimum atomic E-state index is -0.0630. The molecule has 0 saturated heterocycles. The normalized spacial score (nSPS) is 12.8. The van der Waals surface area contributed by atoms with Crippen LogP contribution in [0.4, 0.5) is 0 Å². The summed E-state index contributed by atoms with van der Waals surface area (Å²) in [7, 11) is 3.10. The number of methoxy groups -OCH3 is 2. The van der Waals surface area contributed by atoms with E-state index in [1.165, 1.54) is 0 Å². The number of carbonyl (C=O) groups is 1. The highest BCUT2D eigenvalue weighted by atomic mass is 16.5. The maximum absolute atomic E-state index is 11.7. The van der Waals surface area contributed by atoms with Crippen LogP contribution in [0.25, 0.3) is 11.3 Å². The summed E-state index contributed by atoms with van der Waals surface area (Å²) in [6.07, 6.45) is 1.68. The van der Waals surface area contributed by atoms with Gasteiger partial charge in [-0.05, 0) is 24.6 Å². The van der Waals surface area contributed by atoms with Crippen molar-refractivity contribution >= 4 is 5.91 Å². The Morgan fingerprint density at radius 1 is 1.24 bits per heavy atom. The Morgan fingerprint density at radius 3 is 2.76 bits per heavy atom. The maximum atomic E-state index is 11.7. The van der Waals surface area contributed by atoms with Crippen molar-refractivity contribution in [2.24, 2.45) is 0 Å². The van der Waals surface area contributed by atoms with E-state index in [4.69, 9.17) is 9.47 Å². The molecule has 0 unspecified atom stereocenters. The Balaban J connectivity index is 2.09. The molecule has 6 nitrogen and oxygen atoms in total.